The molecule has 0 saturated heterocycles. The van der Waals surface area contributed by atoms with Gasteiger partial charge in [0.05, 0.1) is 48.8 Å². The molecule has 0 aliphatic carbocycles. The second kappa shape index (κ2) is 9.15. The molecular formula is C18H21ClN2O4. The van der Waals surface area contributed by atoms with Gasteiger partial charge >= 0.3 is 5.97 Å². The molecule has 0 saturated carbocycles. The third-order valence-electron chi connectivity index (χ3n) is 3.52. The molecule has 134 valence electrons. The first kappa shape index (κ1) is 18.9. The number of methoxy groups -OCH3 is 2. The first-order valence-electron chi connectivity index (χ1n) is 7.69. The third kappa shape index (κ3) is 5.01. The van der Waals surface area contributed by atoms with Gasteiger partial charge in [-0.2, -0.15) is 0 Å². The van der Waals surface area contributed by atoms with Gasteiger partial charge in [0.2, 0.25) is 0 Å². The third-order valence-corrected chi connectivity index (χ3v) is 3.88. The van der Waals surface area contributed by atoms with Crippen molar-refractivity contribution >= 4 is 34.6 Å². The molecule has 0 fully saturated rings. The minimum Gasteiger partial charge on any atom is -0.495 e. The van der Waals surface area contributed by atoms with Crippen LogP contribution in [0.1, 0.15) is 10.4 Å². The molecule has 7 heteroatoms. The second-order valence-electron chi connectivity index (χ2n) is 5.27. The SMILES string of the molecule is COC(=O)c1ccc(Nc2ccccc2OC)c(NCC(O)CCl)c1. The number of carbonyl (C=O) groups excluding carboxylic acids is 1. The highest BCUT2D eigenvalue weighted by Gasteiger charge is 2.12. The number of aliphatic hydroxyl groups is 1. The number of carbonyl (C=O) groups is 1. The summed E-state index contributed by atoms with van der Waals surface area (Å²) in [5, 5.41) is 16.0. The van der Waals surface area contributed by atoms with Crippen LogP contribution in [0.2, 0.25) is 0 Å². The topological polar surface area (TPSA) is 79.8 Å². The Morgan fingerprint density at radius 1 is 1.16 bits per heavy atom. The quantitative estimate of drug-likeness (QED) is 0.493. The van der Waals surface area contributed by atoms with E-state index in [4.69, 9.17) is 21.1 Å². The van der Waals surface area contributed by atoms with Crippen LogP contribution >= 0.6 is 11.6 Å². The molecule has 25 heavy (non-hydrogen) atoms. The molecule has 1 unspecified atom stereocenters. The van der Waals surface area contributed by atoms with Crippen LogP contribution in [0.5, 0.6) is 5.75 Å². The molecule has 0 radical (unpaired) electrons. The maximum atomic E-state index is 11.8. The lowest BCUT2D eigenvalue weighted by atomic mass is 10.1. The molecule has 3 N–H and O–H groups in total. The molecule has 0 heterocycles. The van der Waals surface area contributed by atoms with Crippen LogP contribution in [-0.2, 0) is 4.74 Å². The summed E-state index contributed by atoms with van der Waals surface area (Å²) in [6, 6.07) is 12.6. The Morgan fingerprint density at radius 2 is 1.92 bits per heavy atom. The lowest BCUT2D eigenvalue weighted by Crippen LogP contribution is -2.21. The molecule has 0 spiro atoms. The molecule has 0 aliphatic rings. The zero-order valence-electron chi connectivity index (χ0n) is 14.1. The first-order valence-corrected chi connectivity index (χ1v) is 8.22. The van der Waals surface area contributed by atoms with Gasteiger partial charge in [0.1, 0.15) is 5.75 Å². The van der Waals surface area contributed by atoms with Crippen molar-refractivity contribution in [1.82, 2.24) is 0 Å². The van der Waals surface area contributed by atoms with E-state index in [0.29, 0.717) is 17.0 Å². The largest absolute Gasteiger partial charge is 0.495 e. The number of halogens is 1. The summed E-state index contributed by atoms with van der Waals surface area (Å²) in [6.45, 7) is 0.245. The fraction of sp³-hybridized carbons (Fsp3) is 0.278. The molecule has 0 bridgehead atoms. The Labute approximate surface area is 151 Å². The van der Waals surface area contributed by atoms with E-state index in [1.807, 2.05) is 24.3 Å². The van der Waals surface area contributed by atoms with E-state index in [1.165, 1.54) is 7.11 Å². The Kier molecular flexibility index (Phi) is 6.91. The van der Waals surface area contributed by atoms with Crippen LogP contribution in [0.25, 0.3) is 0 Å². The minimum absolute atomic E-state index is 0.110. The molecule has 1 atom stereocenters. The zero-order valence-corrected chi connectivity index (χ0v) is 14.8. The summed E-state index contributed by atoms with van der Waals surface area (Å²) in [7, 11) is 2.92. The van der Waals surface area contributed by atoms with Crippen LogP contribution in [0.15, 0.2) is 42.5 Å². The summed E-state index contributed by atoms with van der Waals surface area (Å²) >= 11 is 5.64. The van der Waals surface area contributed by atoms with E-state index in [0.717, 1.165) is 11.4 Å². The number of alkyl halides is 1. The summed E-state index contributed by atoms with van der Waals surface area (Å²) in [4.78, 5) is 11.8. The van der Waals surface area contributed by atoms with Gasteiger partial charge in [-0.05, 0) is 30.3 Å². The van der Waals surface area contributed by atoms with Gasteiger partial charge in [-0.3, -0.25) is 0 Å². The molecule has 2 aromatic carbocycles. The van der Waals surface area contributed by atoms with Gasteiger partial charge in [0.25, 0.3) is 0 Å². The Morgan fingerprint density at radius 3 is 2.60 bits per heavy atom. The van der Waals surface area contributed by atoms with E-state index >= 15 is 0 Å². The highest BCUT2D eigenvalue weighted by molar-refractivity contribution is 6.18. The van der Waals surface area contributed by atoms with Crippen molar-refractivity contribution in [2.24, 2.45) is 0 Å². The molecule has 2 rings (SSSR count). The van der Waals surface area contributed by atoms with Crippen LogP contribution in [0.3, 0.4) is 0 Å². The monoisotopic (exact) mass is 364 g/mol. The molecule has 0 amide bonds. The minimum atomic E-state index is -0.706. The average Bonchev–Trinajstić information content (AvgIpc) is 2.66. The molecule has 6 nitrogen and oxygen atoms in total. The van der Waals surface area contributed by atoms with E-state index in [-0.39, 0.29) is 12.4 Å². The Bertz CT molecular complexity index is 724. The normalized spacial score (nSPS) is 11.5. The van der Waals surface area contributed by atoms with Crippen LogP contribution in [0, 0.1) is 0 Å². The zero-order chi connectivity index (χ0) is 18.2. The Balaban J connectivity index is 2.32. The van der Waals surface area contributed by atoms with E-state index in [9.17, 15) is 9.90 Å². The number of aliphatic hydroxyl groups excluding tert-OH is 1. The number of para-hydroxylation sites is 2. The maximum absolute atomic E-state index is 11.8. The number of hydrogen-bond acceptors (Lipinski definition) is 6. The van der Waals surface area contributed by atoms with E-state index < -0.39 is 12.1 Å². The van der Waals surface area contributed by atoms with Crippen molar-refractivity contribution in [2.45, 2.75) is 6.10 Å². The van der Waals surface area contributed by atoms with E-state index in [2.05, 4.69) is 10.6 Å². The summed E-state index contributed by atoms with van der Waals surface area (Å²) in [5.74, 6) is 0.356. The number of nitrogens with one attached hydrogen (secondary N) is 2. The highest BCUT2D eigenvalue weighted by atomic mass is 35.5. The van der Waals surface area contributed by atoms with Gasteiger partial charge < -0.3 is 25.2 Å². The van der Waals surface area contributed by atoms with Crippen molar-refractivity contribution in [3.63, 3.8) is 0 Å². The predicted octanol–water partition coefficient (Wildman–Crippen LogP) is 3.24. The van der Waals surface area contributed by atoms with Crippen LogP contribution < -0.4 is 15.4 Å². The summed E-state index contributed by atoms with van der Waals surface area (Å²) < 4.78 is 10.1. The van der Waals surface area contributed by atoms with Crippen molar-refractivity contribution in [3.8, 4) is 5.75 Å². The van der Waals surface area contributed by atoms with Crippen LogP contribution in [0.4, 0.5) is 17.1 Å². The van der Waals surface area contributed by atoms with Crippen molar-refractivity contribution in [3.05, 3.63) is 48.0 Å². The second-order valence-corrected chi connectivity index (χ2v) is 5.57. The molecule has 0 aliphatic heterocycles. The summed E-state index contributed by atoms with van der Waals surface area (Å²) in [5.41, 5.74) is 2.53. The average molecular weight is 365 g/mol. The van der Waals surface area contributed by atoms with Crippen LogP contribution in [-0.4, -0.2) is 43.8 Å². The predicted molar refractivity (Wildman–Crippen MR) is 99.3 cm³/mol. The molecule has 2 aromatic rings. The lowest BCUT2D eigenvalue weighted by molar-refractivity contribution is 0.0601. The standard InChI is InChI=1S/C18H21ClN2O4/c1-24-17-6-4-3-5-15(17)21-14-8-7-12(18(23)25-2)9-16(14)20-11-13(22)10-19/h3-9,13,20-22H,10-11H2,1-2H3. The van der Waals surface area contributed by atoms with Gasteiger partial charge in [0, 0.05) is 6.54 Å². The highest BCUT2D eigenvalue weighted by Crippen LogP contribution is 2.31. The van der Waals surface area contributed by atoms with Gasteiger partial charge in [0.15, 0.2) is 0 Å². The fourth-order valence-corrected chi connectivity index (χ4v) is 2.33. The number of benzene rings is 2. The lowest BCUT2D eigenvalue weighted by Gasteiger charge is -2.17. The van der Waals surface area contributed by atoms with Gasteiger partial charge in [-0.1, -0.05) is 12.1 Å². The Hall–Kier alpha value is -2.44. The number of anilines is 3. The summed E-state index contributed by atoms with van der Waals surface area (Å²) in [6.07, 6.45) is -0.706. The fourth-order valence-electron chi connectivity index (χ4n) is 2.22. The van der Waals surface area contributed by atoms with E-state index in [1.54, 1.807) is 25.3 Å². The van der Waals surface area contributed by atoms with Crippen molar-refractivity contribution in [2.75, 3.05) is 37.3 Å². The van der Waals surface area contributed by atoms with Gasteiger partial charge in [-0.15, -0.1) is 11.6 Å². The first-order chi connectivity index (χ1) is 12.1. The molecule has 0 aromatic heterocycles. The number of rotatable bonds is 8. The molecular weight excluding hydrogens is 344 g/mol. The van der Waals surface area contributed by atoms with Crippen molar-refractivity contribution in [1.29, 1.82) is 0 Å². The van der Waals surface area contributed by atoms with Gasteiger partial charge in [-0.25, -0.2) is 4.79 Å². The van der Waals surface area contributed by atoms with Crippen molar-refractivity contribution < 1.29 is 19.4 Å². The number of esters is 1. The number of ether oxygens (including phenoxy) is 2. The number of hydrogen-bond donors (Lipinski definition) is 3. The smallest absolute Gasteiger partial charge is 0.337 e. The maximum Gasteiger partial charge on any atom is 0.337 e.